The van der Waals surface area contributed by atoms with Crippen molar-refractivity contribution in [1.29, 1.82) is 0 Å². The smallest absolute Gasteiger partial charge is 0.298 e. The molecule has 0 bridgehead atoms. The van der Waals surface area contributed by atoms with Crippen LogP contribution in [0.1, 0.15) is 102 Å². The predicted molar refractivity (Wildman–Crippen MR) is 192 cm³/mol. The Kier molecular flexibility index (Phi) is 16.4. The zero-order valence-electron chi connectivity index (χ0n) is 28.1. The summed E-state index contributed by atoms with van der Waals surface area (Å²) in [4.78, 5) is 8.03. The van der Waals surface area contributed by atoms with Crippen LogP contribution in [-0.4, -0.2) is 52.9 Å². The number of phenols is 2. The van der Waals surface area contributed by atoms with Crippen LogP contribution in [-0.2, 0) is 16.5 Å². The summed E-state index contributed by atoms with van der Waals surface area (Å²) >= 11 is 6.12. The highest BCUT2D eigenvalue weighted by Crippen LogP contribution is 2.34. The third-order valence-electron chi connectivity index (χ3n) is 8.32. The van der Waals surface area contributed by atoms with Gasteiger partial charge in [0, 0.05) is 28.4 Å². The molecule has 11 heteroatoms. The highest BCUT2D eigenvalue weighted by Gasteiger charge is 2.23. The van der Waals surface area contributed by atoms with Crippen LogP contribution in [0.15, 0.2) is 75.5 Å². The molecule has 0 saturated heterocycles. The lowest BCUT2D eigenvalue weighted by atomic mass is 10.0. The van der Waals surface area contributed by atoms with Crippen LogP contribution in [0.2, 0.25) is 5.02 Å². The van der Waals surface area contributed by atoms with Crippen molar-refractivity contribution in [2.45, 2.75) is 102 Å². The second kappa shape index (κ2) is 20.2. The molecule has 0 aromatic heterocycles. The minimum atomic E-state index is -4.56. The molecule has 0 amide bonds. The minimum Gasteiger partial charge on any atom is -0.508 e. The predicted octanol–water partition coefficient (Wildman–Crippen LogP) is 7.83. The molecule has 9 nitrogen and oxygen atoms in total. The first kappa shape index (κ1) is 39.0. The van der Waals surface area contributed by atoms with Crippen molar-refractivity contribution in [3.05, 3.63) is 87.4 Å². The van der Waals surface area contributed by atoms with Crippen molar-refractivity contribution in [3.63, 3.8) is 0 Å². The molecule has 4 rings (SSSR count). The molecule has 0 spiro atoms. The molecule has 0 fully saturated rings. The van der Waals surface area contributed by atoms with Crippen molar-refractivity contribution in [2.75, 3.05) is 13.6 Å². The number of halogens is 1. The van der Waals surface area contributed by atoms with E-state index in [1.807, 2.05) is 42.5 Å². The number of nitrogens with zero attached hydrogens (tertiary/aromatic N) is 3. The van der Waals surface area contributed by atoms with Gasteiger partial charge in [0.05, 0.1) is 11.1 Å². The van der Waals surface area contributed by atoms with Gasteiger partial charge in [-0.05, 0) is 43.2 Å². The van der Waals surface area contributed by atoms with E-state index in [9.17, 15) is 28.4 Å². The molecule has 262 valence electrons. The first-order valence-electron chi connectivity index (χ1n) is 16.9. The summed E-state index contributed by atoms with van der Waals surface area (Å²) in [5, 5.41) is 33.3. The lowest BCUT2D eigenvalue weighted by molar-refractivity contribution is -0.0119. The highest BCUT2D eigenvalue weighted by molar-refractivity contribution is 7.86. The molecule has 48 heavy (non-hydrogen) atoms. The Morgan fingerprint density at radius 1 is 0.812 bits per heavy atom. The third-order valence-corrected chi connectivity index (χ3v) is 9.53. The Balaban J connectivity index is 0.000000267. The van der Waals surface area contributed by atoms with Gasteiger partial charge in [-0.25, -0.2) is 10.1 Å². The summed E-state index contributed by atoms with van der Waals surface area (Å²) in [6.45, 7) is 2.47. The lowest BCUT2D eigenvalue weighted by Crippen LogP contribution is -2.31. The lowest BCUT2D eigenvalue weighted by Gasteiger charge is -2.19. The molecule has 0 unspecified atom stereocenters. The van der Waals surface area contributed by atoms with Gasteiger partial charge in [0.15, 0.2) is 0 Å². The standard InChI is InChI=1S/C21H36O5S.C16H14ClN3O/c1-2-3-4-5-6-7-8-9-10-11-12-13-14-15-18-19(22)16-17-20(23)21(18)27(24,25)26;1-18-15-10-20(21)16(11-5-3-2-4-6-11)13-9-12(17)7-8-14(13)19-15/h16-17,22-23H,2-15H2,1H3,(H,24,25,26);2-9,21H,10H2,1H3. The van der Waals surface area contributed by atoms with Crippen molar-refractivity contribution in [1.82, 2.24) is 5.06 Å². The van der Waals surface area contributed by atoms with Crippen molar-refractivity contribution in [2.24, 2.45) is 9.98 Å². The second-order valence-corrected chi connectivity index (χ2v) is 13.9. The summed E-state index contributed by atoms with van der Waals surface area (Å²) < 4.78 is 32.2. The fourth-order valence-corrected chi connectivity index (χ4v) is 6.82. The Bertz CT molecular complexity index is 1710. The Hall–Kier alpha value is -3.44. The molecule has 4 N–H and O–H groups in total. The zero-order valence-corrected chi connectivity index (χ0v) is 29.7. The quantitative estimate of drug-likeness (QED) is 0.0678. The SMILES string of the molecule is CCCCCCCCCCCCCCCc1c(O)ccc(O)c1S(=O)(=O)O.CN=C1CN(O)C(c2ccccc2)=c2cc(Cl)ccc2=N1. The van der Waals surface area contributed by atoms with Gasteiger partial charge in [0.1, 0.15) is 28.8 Å². The molecular weight excluding hydrogens is 650 g/mol. The highest BCUT2D eigenvalue weighted by atomic mass is 35.5. The van der Waals surface area contributed by atoms with Crippen molar-refractivity contribution >= 4 is 33.3 Å². The summed E-state index contributed by atoms with van der Waals surface area (Å²) in [6.07, 6.45) is 16.0. The number of hydrogen-bond donors (Lipinski definition) is 4. The third kappa shape index (κ3) is 12.2. The average molecular weight is 700 g/mol. The molecule has 0 saturated carbocycles. The van der Waals surface area contributed by atoms with E-state index in [0.29, 0.717) is 29.4 Å². The van der Waals surface area contributed by atoms with Gasteiger partial charge in [-0.2, -0.15) is 8.42 Å². The van der Waals surface area contributed by atoms with E-state index in [-0.39, 0.29) is 17.9 Å². The molecule has 0 aliphatic carbocycles. The van der Waals surface area contributed by atoms with Crippen molar-refractivity contribution < 1.29 is 28.4 Å². The molecule has 1 heterocycles. The molecule has 3 aromatic carbocycles. The number of hydroxylamine groups is 2. The van der Waals surface area contributed by atoms with E-state index in [1.165, 1.54) is 68.9 Å². The van der Waals surface area contributed by atoms with E-state index >= 15 is 0 Å². The maximum Gasteiger partial charge on any atom is 0.298 e. The van der Waals surface area contributed by atoms with Crippen LogP contribution in [0.4, 0.5) is 0 Å². The number of rotatable bonds is 16. The van der Waals surface area contributed by atoms with Gasteiger partial charge in [0.25, 0.3) is 10.1 Å². The maximum atomic E-state index is 11.4. The Morgan fingerprint density at radius 2 is 1.38 bits per heavy atom. The summed E-state index contributed by atoms with van der Waals surface area (Å²) in [5.74, 6) is -0.175. The molecule has 0 radical (unpaired) electrons. The summed E-state index contributed by atoms with van der Waals surface area (Å²) in [5.41, 5.74) is 1.67. The van der Waals surface area contributed by atoms with E-state index in [2.05, 4.69) is 16.9 Å². The van der Waals surface area contributed by atoms with Crippen LogP contribution in [0.25, 0.3) is 5.70 Å². The normalized spacial score (nSPS) is 13.8. The number of fused-ring (bicyclic) bond motifs is 1. The van der Waals surface area contributed by atoms with Gasteiger partial charge in [-0.15, -0.1) is 0 Å². The van der Waals surface area contributed by atoms with Crippen LogP contribution < -0.4 is 10.6 Å². The first-order valence-corrected chi connectivity index (χ1v) is 18.8. The van der Waals surface area contributed by atoms with E-state index in [0.717, 1.165) is 41.5 Å². The number of unbranched alkanes of at least 4 members (excludes halogenated alkanes) is 12. The Labute approximate surface area is 290 Å². The number of phenolic OH excluding ortho intramolecular Hbond substituents is 2. The fourth-order valence-electron chi connectivity index (χ4n) is 5.80. The number of aliphatic imine (C=N–C) groups is 1. The van der Waals surface area contributed by atoms with Gasteiger partial charge >= 0.3 is 0 Å². The van der Waals surface area contributed by atoms with Crippen LogP contribution in [0.5, 0.6) is 11.5 Å². The van der Waals surface area contributed by atoms with Gasteiger partial charge in [0.2, 0.25) is 0 Å². The second-order valence-electron chi connectivity index (χ2n) is 12.1. The Morgan fingerprint density at radius 3 is 1.94 bits per heavy atom. The van der Waals surface area contributed by atoms with Crippen LogP contribution >= 0.6 is 11.6 Å². The zero-order chi connectivity index (χ0) is 34.9. The van der Waals surface area contributed by atoms with Crippen molar-refractivity contribution in [3.8, 4) is 11.5 Å². The monoisotopic (exact) mass is 699 g/mol. The molecule has 1 aliphatic heterocycles. The number of hydrogen-bond acceptors (Lipinski definition) is 7. The average Bonchev–Trinajstić information content (AvgIpc) is 3.19. The topological polar surface area (TPSA) is 143 Å². The van der Waals surface area contributed by atoms with Gasteiger partial charge < -0.3 is 10.2 Å². The van der Waals surface area contributed by atoms with E-state index < -0.39 is 20.8 Å². The molecule has 0 atom stereocenters. The van der Waals surface area contributed by atoms with Crippen LogP contribution in [0.3, 0.4) is 0 Å². The maximum absolute atomic E-state index is 11.4. The van der Waals surface area contributed by atoms with Gasteiger partial charge in [-0.1, -0.05) is 126 Å². The molecular formula is C37H50ClN3O6S. The van der Waals surface area contributed by atoms with Gasteiger partial charge in [-0.3, -0.25) is 14.8 Å². The first-order chi connectivity index (χ1) is 23.1. The summed E-state index contributed by atoms with van der Waals surface area (Å²) in [7, 11) is -2.90. The molecule has 1 aliphatic rings. The summed E-state index contributed by atoms with van der Waals surface area (Å²) in [6, 6.07) is 17.4. The largest absolute Gasteiger partial charge is 0.508 e. The van der Waals surface area contributed by atoms with Crippen LogP contribution in [0, 0.1) is 0 Å². The van der Waals surface area contributed by atoms with E-state index in [4.69, 9.17) is 11.6 Å². The number of amidine groups is 1. The van der Waals surface area contributed by atoms with E-state index in [1.54, 1.807) is 13.1 Å². The number of benzene rings is 3. The molecule has 3 aromatic rings. The number of aromatic hydroxyl groups is 2. The minimum absolute atomic E-state index is 0.0978. The fraction of sp³-hybridized carbons (Fsp3) is 0.459.